The lowest BCUT2D eigenvalue weighted by Crippen LogP contribution is -2.10. The molecule has 0 saturated carbocycles. The Morgan fingerprint density at radius 3 is 2.87 bits per heavy atom. The molecule has 2 aromatic carbocycles. The zero-order valence-electron chi connectivity index (χ0n) is 12.1. The summed E-state index contributed by atoms with van der Waals surface area (Å²) in [4.78, 5) is 3.99. The van der Waals surface area contributed by atoms with Crippen molar-refractivity contribution < 1.29 is 14.2 Å². The van der Waals surface area contributed by atoms with E-state index in [2.05, 4.69) is 4.98 Å². The molecule has 0 amide bonds. The van der Waals surface area contributed by atoms with Crippen molar-refractivity contribution in [3.8, 4) is 11.4 Å². The Morgan fingerprint density at radius 1 is 1.26 bits per heavy atom. The van der Waals surface area contributed by atoms with E-state index in [4.69, 9.17) is 16.3 Å². The standard InChI is InChI=1S/C17H14ClFN2O2/c18-15-5-4-12(8-16(15)19)17(22)10-23-14-3-1-2-13(9-14)21-7-6-20-11-21/h1-9,11,17,22H,10H2. The molecule has 0 spiro atoms. The summed E-state index contributed by atoms with van der Waals surface area (Å²) in [6, 6.07) is 11.6. The summed E-state index contributed by atoms with van der Waals surface area (Å²) >= 11 is 5.63. The highest BCUT2D eigenvalue weighted by Crippen LogP contribution is 2.22. The number of hydrogen-bond acceptors (Lipinski definition) is 3. The average Bonchev–Trinajstić information content (AvgIpc) is 3.10. The van der Waals surface area contributed by atoms with Gasteiger partial charge in [-0.2, -0.15) is 0 Å². The monoisotopic (exact) mass is 332 g/mol. The highest BCUT2D eigenvalue weighted by Gasteiger charge is 2.11. The van der Waals surface area contributed by atoms with E-state index in [1.54, 1.807) is 24.7 Å². The highest BCUT2D eigenvalue weighted by atomic mass is 35.5. The lowest BCUT2D eigenvalue weighted by Gasteiger charge is -2.14. The van der Waals surface area contributed by atoms with Crippen LogP contribution in [-0.4, -0.2) is 21.3 Å². The fourth-order valence-electron chi connectivity index (χ4n) is 2.14. The first-order chi connectivity index (χ1) is 11.1. The van der Waals surface area contributed by atoms with Crippen LogP contribution in [-0.2, 0) is 0 Å². The first-order valence-electron chi connectivity index (χ1n) is 6.98. The third-order valence-electron chi connectivity index (χ3n) is 3.36. The molecule has 1 N–H and O–H groups in total. The normalized spacial score (nSPS) is 12.1. The van der Waals surface area contributed by atoms with Gasteiger partial charge in [-0.3, -0.25) is 0 Å². The van der Waals surface area contributed by atoms with Crippen LogP contribution in [0.1, 0.15) is 11.7 Å². The Labute approximate surface area is 137 Å². The first kappa shape index (κ1) is 15.5. The quantitative estimate of drug-likeness (QED) is 0.773. The molecular weight excluding hydrogens is 319 g/mol. The van der Waals surface area contributed by atoms with Crippen molar-refractivity contribution in [2.24, 2.45) is 0 Å². The summed E-state index contributed by atoms with van der Waals surface area (Å²) in [6.07, 6.45) is 4.25. The SMILES string of the molecule is OC(COc1cccc(-n2ccnc2)c1)c1ccc(Cl)c(F)c1. The van der Waals surface area contributed by atoms with Gasteiger partial charge < -0.3 is 14.4 Å². The summed E-state index contributed by atoms with van der Waals surface area (Å²) in [5.41, 5.74) is 1.31. The van der Waals surface area contributed by atoms with Crippen LogP contribution in [0.15, 0.2) is 61.2 Å². The number of halogens is 2. The Hall–Kier alpha value is -2.37. The molecule has 0 aliphatic rings. The number of nitrogens with zero attached hydrogens (tertiary/aromatic N) is 2. The molecule has 6 heteroatoms. The molecule has 1 aromatic heterocycles. The van der Waals surface area contributed by atoms with Crippen LogP contribution in [0.5, 0.6) is 5.75 Å². The molecule has 0 bridgehead atoms. The Balaban J connectivity index is 1.68. The number of ether oxygens (including phenoxy) is 1. The molecule has 4 nitrogen and oxygen atoms in total. The van der Waals surface area contributed by atoms with Gasteiger partial charge in [0.05, 0.1) is 17.0 Å². The third kappa shape index (κ3) is 3.70. The van der Waals surface area contributed by atoms with Gasteiger partial charge in [0, 0.05) is 18.5 Å². The number of aliphatic hydroxyl groups is 1. The molecular formula is C17H14ClFN2O2. The van der Waals surface area contributed by atoms with Crippen molar-refractivity contribution in [2.75, 3.05) is 6.61 Å². The van der Waals surface area contributed by atoms with E-state index in [9.17, 15) is 9.50 Å². The second-order valence-electron chi connectivity index (χ2n) is 4.97. The molecule has 1 heterocycles. The van der Waals surface area contributed by atoms with Crippen LogP contribution in [0, 0.1) is 5.82 Å². The van der Waals surface area contributed by atoms with Crippen LogP contribution in [0.3, 0.4) is 0 Å². The molecule has 0 aliphatic carbocycles. The van der Waals surface area contributed by atoms with Gasteiger partial charge in [0.15, 0.2) is 0 Å². The van der Waals surface area contributed by atoms with Crippen molar-refractivity contribution in [2.45, 2.75) is 6.10 Å². The van der Waals surface area contributed by atoms with Crippen molar-refractivity contribution in [3.05, 3.63) is 77.6 Å². The summed E-state index contributed by atoms with van der Waals surface area (Å²) in [5.74, 6) is 0.0370. The van der Waals surface area contributed by atoms with Gasteiger partial charge in [0.1, 0.15) is 24.3 Å². The lowest BCUT2D eigenvalue weighted by atomic mass is 10.1. The van der Waals surface area contributed by atoms with Gasteiger partial charge in [-0.25, -0.2) is 9.37 Å². The molecule has 1 unspecified atom stereocenters. The molecule has 3 rings (SSSR count). The molecule has 23 heavy (non-hydrogen) atoms. The van der Waals surface area contributed by atoms with Gasteiger partial charge in [-0.15, -0.1) is 0 Å². The second kappa shape index (κ2) is 6.81. The highest BCUT2D eigenvalue weighted by molar-refractivity contribution is 6.30. The number of rotatable bonds is 5. The molecule has 3 aromatic rings. The molecule has 0 saturated heterocycles. The number of benzene rings is 2. The third-order valence-corrected chi connectivity index (χ3v) is 3.66. The smallest absolute Gasteiger partial charge is 0.142 e. The van der Waals surface area contributed by atoms with Crippen LogP contribution in [0.25, 0.3) is 5.69 Å². The fourth-order valence-corrected chi connectivity index (χ4v) is 2.25. The Bertz CT molecular complexity index is 793. The Kier molecular flexibility index (Phi) is 4.60. The van der Waals surface area contributed by atoms with E-state index in [1.165, 1.54) is 12.1 Å². The summed E-state index contributed by atoms with van der Waals surface area (Å²) in [7, 11) is 0. The zero-order chi connectivity index (χ0) is 16.2. The molecule has 1 atom stereocenters. The summed E-state index contributed by atoms with van der Waals surface area (Å²) in [6.45, 7) is 0.00839. The minimum Gasteiger partial charge on any atom is -0.490 e. The topological polar surface area (TPSA) is 47.3 Å². The van der Waals surface area contributed by atoms with E-state index in [0.29, 0.717) is 11.3 Å². The maximum atomic E-state index is 13.4. The second-order valence-corrected chi connectivity index (χ2v) is 5.37. The minimum atomic E-state index is -0.946. The molecule has 0 fully saturated rings. The fraction of sp³-hybridized carbons (Fsp3) is 0.118. The maximum absolute atomic E-state index is 13.4. The van der Waals surface area contributed by atoms with Gasteiger partial charge in [-0.05, 0) is 29.8 Å². The average molecular weight is 333 g/mol. The minimum absolute atomic E-state index is 0.00839. The summed E-state index contributed by atoms with van der Waals surface area (Å²) in [5, 5.41) is 10.1. The lowest BCUT2D eigenvalue weighted by molar-refractivity contribution is 0.108. The van der Waals surface area contributed by atoms with Crippen molar-refractivity contribution >= 4 is 11.6 Å². The number of imidazole rings is 1. The van der Waals surface area contributed by atoms with E-state index < -0.39 is 11.9 Å². The van der Waals surface area contributed by atoms with E-state index in [1.807, 2.05) is 29.0 Å². The summed E-state index contributed by atoms with van der Waals surface area (Å²) < 4.78 is 20.9. The van der Waals surface area contributed by atoms with Gasteiger partial charge in [0.2, 0.25) is 0 Å². The van der Waals surface area contributed by atoms with Crippen LogP contribution >= 0.6 is 11.6 Å². The number of aromatic nitrogens is 2. The molecule has 118 valence electrons. The molecule has 0 aliphatic heterocycles. The number of hydrogen-bond donors (Lipinski definition) is 1. The maximum Gasteiger partial charge on any atom is 0.142 e. The van der Waals surface area contributed by atoms with E-state index >= 15 is 0 Å². The van der Waals surface area contributed by atoms with Crippen LogP contribution in [0.2, 0.25) is 5.02 Å². The van der Waals surface area contributed by atoms with Crippen LogP contribution < -0.4 is 4.74 Å². The largest absolute Gasteiger partial charge is 0.490 e. The predicted molar refractivity (Wildman–Crippen MR) is 85.4 cm³/mol. The number of aliphatic hydroxyl groups excluding tert-OH is 1. The predicted octanol–water partition coefficient (Wildman–Crippen LogP) is 3.78. The van der Waals surface area contributed by atoms with Crippen LogP contribution in [0.4, 0.5) is 4.39 Å². The van der Waals surface area contributed by atoms with E-state index in [0.717, 1.165) is 5.69 Å². The first-order valence-corrected chi connectivity index (χ1v) is 7.35. The van der Waals surface area contributed by atoms with E-state index in [-0.39, 0.29) is 11.6 Å². The van der Waals surface area contributed by atoms with Gasteiger partial charge in [-0.1, -0.05) is 23.7 Å². The van der Waals surface area contributed by atoms with Crippen molar-refractivity contribution in [1.82, 2.24) is 9.55 Å². The molecule has 0 radical (unpaired) electrons. The van der Waals surface area contributed by atoms with Crippen molar-refractivity contribution in [1.29, 1.82) is 0 Å². The zero-order valence-corrected chi connectivity index (χ0v) is 12.8. The Morgan fingerprint density at radius 2 is 2.13 bits per heavy atom. The van der Waals surface area contributed by atoms with Gasteiger partial charge >= 0.3 is 0 Å². The van der Waals surface area contributed by atoms with Crippen molar-refractivity contribution in [3.63, 3.8) is 0 Å². The van der Waals surface area contributed by atoms with Gasteiger partial charge in [0.25, 0.3) is 0 Å².